The molecule has 1 aliphatic rings. The Morgan fingerprint density at radius 3 is 2.33 bits per heavy atom. The Morgan fingerprint density at radius 2 is 1.71 bits per heavy atom. The minimum atomic E-state index is -4.71. The van der Waals surface area contributed by atoms with Gasteiger partial charge in [0, 0.05) is 18.0 Å². The molecular formula is C18H16F3NO2. The summed E-state index contributed by atoms with van der Waals surface area (Å²) in [4.78, 5) is 12.0. The quantitative estimate of drug-likeness (QED) is 0.866. The van der Waals surface area contributed by atoms with Crippen molar-refractivity contribution in [2.75, 3.05) is 5.32 Å². The average Bonchev–Trinajstić information content (AvgIpc) is 2.47. The first-order valence-electron chi connectivity index (χ1n) is 7.49. The molecule has 2 aromatic rings. The van der Waals surface area contributed by atoms with Gasteiger partial charge in [0.1, 0.15) is 5.75 Å². The zero-order chi connectivity index (χ0) is 17.5. The maximum absolute atomic E-state index is 12.3. The van der Waals surface area contributed by atoms with Gasteiger partial charge < -0.3 is 10.1 Å². The summed E-state index contributed by atoms with van der Waals surface area (Å²) in [7, 11) is 0. The predicted molar refractivity (Wildman–Crippen MR) is 84.1 cm³/mol. The van der Waals surface area contributed by atoms with Gasteiger partial charge in [0.05, 0.1) is 0 Å². The first-order chi connectivity index (χ1) is 11.2. The van der Waals surface area contributed by atoms with Crippen LogP contribution in [0.25, 0.3) is 0 Å². The van der Waals surface area contributed by atoms with E-state index in [2.05, 4.69) is 10.1 Å². The molecule has 24 heavy (non-hydrogen) atoms. The highest BCUT2D eigenvalue weighted by atomic mass is 19.4. The lowest BCUT2D eigenvalue weighted by atomic mass is 9.83. The number of aryl methyl sites for hydroxylation is 2. The fourth-order valence-electron chi connectivity index (χ4n) is 2.93. The van der Waals surface area contributed by atoms with Crippen LogP contribution in [-0.2, 0) is 4.79 Å². The topological polar surface area (TPSA) is 38.3 Å². The van der Waals surface area contributed by atoms with Crippen molar-refractivity contribution in [3.8, 4) is 5.75 Å². The zero-order valence-electron chi connectivity index (χ0n) is 13.2. The number of ether oxygens (including phenoxy) is 1. The standard InChI is InChI=1S/C18H16F3NO2/c1-10-7-15-14(9-17(23)22-16(15)8-11(10)2)12-3-5-13(6-4-12)24-18(19,20)21/h3-8,14H,9H2,1-2H3,(H,22,23)/t14-/m1/s1. The lowest BCUT2D eigenvalue weighted by Crippen LogP contribution is -2.24. The maximum atomic E-state index is 12.3. The van der Waals surface area contributed by atoms with E-state index in [-0.39, 0.29) is 24.0 Å². The third kappa shape index (κ3) is 3.37. The van der Waals surface area contributed by atoms with Gasteiger partial charge >= 0.3 is 6.36 Å². The van der Waals surface area contributed by atoms with Crippen molar-refractivity contribution < 1.29 is 22.7 Å². The van der Waals surface area contributed by atoms with Crippen molar-refractivity contribution in [3.63, 3.8) is 0 Å². The lowest BCUT2D eigenvalue weighted by Gasteiger charge is -2.27. The molecule has 0 saturated heterocycles. The third-order valence-electron chi connectivity index (χ3n) is 4.22. The summed E-state index contributed by atoms with van der Waals surface area (Å²) in [6.45, 7) is 3.96. The molecule has 0 spiro atoms. The first kappa shape index (κ1) is 16.4. The van der Waals surface area contributed by atoms with Gasteiger partial charge in [-0.15, -0.1) is 13.2 Å². The SMILES string of the molecule is Cc1cc2c(cc1C)[C@@H](c1ccc(OC(F)(F)F)cc1)CC(=O)N2. The molecular weight excluding hydrogens is 319 g/mol. The van der Waals surface area contributed by atoms with Crippen LogP contribution >= 0.6 is 0 Å². The van der Waals surface area contributed by atoms with Gasteiger partial charge in [-0.25, -0.2) is 0 Å². The molecule has 3 rings (SSSR count). The Labute approximate surface area is 137 Å². The summed E-state index contributed by atoms with van der Waals surface area (Å²) in [5, 5.41) is 2.86. The lowest BCUT2D eigenvalue weighted by molar-refractivity contribution is -0.274. The van der Waals surface area contributed by atoms with Crippen molar-refractivity contribution in [1.29, 1.82) is 0 Å². The van der Waals surface area contributed by atoms with Crippen LogP contribution in [0.1, 0.15) is 34.6 Å². The molecule has 2 aromatic carbocycles. The number of hydrogen-bond acceptors (Lipinski definition) is 2. The van der Waals surface area contributed by atoms with Gasteiger partial charge in [0.2, 0.25) is 5.91 Å². The molecule has 0 bridgehead atoms. The largest absolute Gasteiger partial charge is 0.573 e. The summed E-state index contributed by atoms with van der Waals surface area (Å²) in [5.74, 6) is -0.564. The van der Waals surface area contributed by atoms with Gasteiger partial charge in [-0.2, -0.15) is 0 Å². The van der Waals surface area contributed by atoms with Crippen LogP contribution in [0.2, 0.25) is 0 Å². The molecule has 1 heterocycles. The van der Waals surface area contributed by atoms with E-state index in [1.54, 1.807) is 12.1 Å². The Hall–Kier alpha value is -2.50. The average molecular weight is 335 g/mol. The molecule has 1 aliphatic heterocycles. The summed E-state index contributed by atoms with van der Waals surface area (Å²) < 4.78 is 40.6. The van der Waals surface area contributed by atoms with E-state index in [1.807, 2.05) is 26.0 Å². The third-order valence-corrected chi connectivity index (χ3v) is 4.22. The molecule has 0 radical (unpaired) electrons. The molecule has 0 fully saturated rings. The number of nitrogens with one attached hydrogen (secondary N) is 1. The van der Waals surface area contributed by atoms with Gasteiger partial charge in [-0.1, -0.05) is 18.2 Å². The van der Waals surface area contributed by atoms with E-state index in [0.717, 1.165) is 27.9 Å². The fraction of sp³-hybridized carbons (Fsp3) is 0.278. The second-order valence-electron chi connectivity index (χ2n) is 5.95. The number of fused-ring (bicyclic) bond motifs is 1. The minimum absolute atomic E-state index is 0.105. The Morgan fingerprint density at radius 1 is 1.08 bits per heavy atom. The second kappa shape index (κ2) is 5.85. The van der Waals surface area contributed by atoms with Crippen molar-refractivity contribution >= 4 is 11.6 Å². The highest BCUT2D eigenvalue weighted by molar-refractivity contribution is 5.95. The first-order valence-corrected chi connectivity index (χ1v) is 7.49. The highest BCUT2D eigenvalue weighted by Crippen LogP contribution is 2.39. The van der Waals surface area contributed by atoms with Gasteiger partial charge in [0.15, 0.2) is 0 Å². The summed E-state index contributed by atoms with van der Waals surface area (Å²) >= 11 is 0. The summed E-state index contributed by atoms with van der Waals surface area (Å²) in [5.41, 5.74) is 4.69. The van der Waals surface area contributed by atoms with E-state index in [9.17, 15) is 18.0 Å². The number of anilines is 1. The monoisotopic (exact) mass is 335 g/mol. The minimum Gasteiger partial charge on any atom is -0.406 e. The number of carbonyl (C=O) groups excluding carboxylic acids is 1. The van der Waals surface area contributed by atoms with Gasteiger partial charge in [-0.05, 0) is 54.3 Å². The fourth-order valence-corrected chi connectivity index (χ4v) is 2.93. The van der Waals surface area contributed by atoms with Crippen LogP contribution in [0.4, 0.5) is 18.9 Å². The van der Waals surface area contributed by atoms with E-state index in [1.165, 1.54) is 12.1 Å². The highest BCUT2D eigenvalue weighted by Gasteiger charge is 2.31. The Balaban J connectivity index is 1.95. The van der Waals surface area contributed by atoms with Crippen LogP contribution in [0.15, 0.2) is 36.4 Å². The van der Waals surface area contributed by atoms with Gasteiger partial charge in [0.25, 0.3) is 0 Å². The number of carbonyl (C=O) groups is 1. The molecule has 3 nitrogen and oxygen atoms in total. The van der Waals surface area contributed by atoms with Crippen molar-refractivity contribution in [1.82, 2.24) is 0 Å². The molecule has 0 aliphatic carbocycles. The molecule has 1 amide bonds. The van der Waals surface area contributed by atoms with E-state index in [0.29, 0.717) is 0 Å². The number of alkyl halides is 3. The number of benzene rings is 2. The predicted octanol–water partition coefficient (Wildman–Crippen LogP) is 4.68. The van der Waals surface area contributed by atoms with E-state index >= 15 is 0 Å². The van der Waals surface area contributed by atoms with Crippen LogP contribution in [-0.4, -0.2) is 12.3 Å². The molecule has 1 atom stereocenters. The molecule has 6 heteroatoms. The van der Waals surface area contributed by atoms with E-state index < -0.39 is 6.36 Å². The van der Waals surface area contributed by atoms with Crippen LogP contribution in [0.3, 0.4) is 0 Å². The number of hydrogen-bond donors (Lipinski definition) is 1. The van der Waals surface area contributed by atoms with Crippen LogP contribution in [0, 0.1) is 13.8 Å². The number of amides is 1. The summed E-state index contributed by atoms with van der Waals surface area (Å²) in [6, 6.07) is 9.64. The Bertz CT molecular complexity index is 782. The smallest absolute Gasteiger partial charge is 0.406 e. The molecule has 126 valence electrons. The van der Waals surface area contributed by atoms with Crippen molar-refractivity contribution in [2.45, 2.75) is 32.5 Å². The zero-order valence-corrected chi connectivity index (χ0v) is 13.2. The normalized spacial score (nSPS) is 17.2. The number of halogens is 3. The van der Waals surface area contributed by atoms with E-state index in [4.69, 9.17) is 0 Å². The maximum Gasteiger partial charge on any atom is 0.573 e. The molecule has 0 aromatic heterocycles. The van der Waals surface area contributed by atoms with Crippen molar-refractivity contribution in [2.24, 2.45) is 0 Å². The van der Waals surface area contributed by atoms with Crippen LogP contribution in [0.5, 0.6) is 5.75 Å². The van der Waals surface area contributed by atoms with Crippen molar-refractivity contribution in [3.05, 3.63) is 58.7 Å². The summed E-state index contributed by atoms with van der Waals surface area (Å²) in [6.07, 6.45) is -4.46. The van der Waals surface area contributed by atoms with Crippen LogP contribution < -0.4 is 10.1 Å². The number of rotatable bonds is 2. The second-order valence-corrected chi connectivity index (χ2v) is 5.95. The Kier molecular flexibility index (Phi) is 3.99. The molecule has 0 saturated carbocycles. The molecule has 0 unspecified atom stereocenters. The van der Waals surface area contributed by atoms with Gasteiger partial charge in [-0.3, -0.25) is 4.79 Å². The molecule has 1 N–H and O–H groups in total.